The molecule has 0 unspecified atom stereocenters. The average molecular weight is 298 g/mol. The van der Waals surface area contributed by atoms with E-state index in [0.717, 1.165) is 0 Å². The number of carboxylic acids is 1. The summed E-state index contributed by atoms with van der Waals surface area (Å²) in [5.74, 6) is -1.60. The minimum absolute atomic E-state index is 0.0588. The highest BCUT2D eigenvalue weighted by Crippen LogP contribution is 2.26. The number of halogens is 1. The van der Waals surface area contributed by atoms with E-state index >= 15 is 0 Å². The predicted molar refractivity (Wildman–Crippen MR) is 74.0 cm³/mol. The van der Waals surface area contributed by atoms with Gasteiger partial charge in [0.05, 0.1) is 11.5 Å². The van der Waals surface area contributed by atoms with Crippen LogP contribution < -0.4 is 5.32 Å². The van der Waals surface area contributed by atoms with Crippen molar-refractivity contribution in [1.29, 1.82) is 0 Å². The number of amides is 1. The Hall–Kier alpha value is -1.75. The molecule has 0 atom stereocenters. The summed E-state index contributed by atoms with van der Waals surface area (Å²) in [6.07, 6.45) is 2.37. The fourth-order valence-electron chi connectivity index (χ4n) is 2.44. The number of aliphatic carboxylic acids is 1. The van der Waals surface area contributed by atoms with Crippen molar-refractivity contribution in [1.82, 2.24) is 5.32 Å². The van der Waals surface area contributed by atoms with Crippen molar-refractivity contribution >= 4 is 23.5 Å². The van der Waals surface area contributed by atoms with Gasteiger partial charge in [0.1, 0.15) is 5.75 Å². The van der Waals surface area contributed by atoms with E-state index in [0.29, 0.717) is 30.7 Å². The monoisotopic (exact) mass is 297 g/mol. The van der Waals surface area contributed by atoms with Gasteiger partial charge in [0.15, 0.2) is 0 Å². The van der Waals surface area contributed by atoms with Gasteiger partial charge in [-0.15, -0.1) is 0 Å². The molecule has 20 heavy (non-hydrogen) atoms. The first-order valence-corrected chi connectivity index (χ1v) is 6.87. The highest BCUT2D eigenvalue weighted by Gasteiger charge is 2.27. The molecule has 1 aromatic carbocycles. The van der Waals surface area contributed by atoms with E-state index in [4.69, 9.17) is 16.7 Å². The number of rotatable bonds is 3. The molecule has 1 saturated carbocycles. The lowest BCUT2D eigenvalue weighted by Gasteiger charge is -2.26. The molecule has 0 bridgehead atoms. The Labute approximate surface area is 121 Å². The zero-order valence-corrected chi connectivity index (χ0v) is 11.6. The molecule has 0 aliphatic heterocycles. The molecule has 1 aliphatic rings. The third-order valence-corrected chi connectivity index (χ3v) is 3.85. The fraction of sp³-hybridized carbons (Fsp3) is 0.429. The summed E-state index contributed by atoms with van der Waals surface area (Å²) in [5, 5.41) is 21.8. The number of carbonyl (C=O) groups is 2. The quantitative estimate of drug-likeness (QED) is 0.799. The molecule has 0 aromatic heterocycles. The van der Waals surface area contributed by atoms with Crippen LogP contribution in [0.4, 0.5) is 0 Å². The Morgan fingerprint density at radius 1 is 1.20 bits per heavy atom. The Morgan fingerprint density at radius 3 is 2.45 bits per heavy atom. The van der Waals surface area contributed by atoms with Gasteiger partial charge < -0.3 is 15.5 Å². The summed E-state index contributed by atoms with van der Waals surface area (Å²) in [7, 11) is 0. The maximum atomic E-state index is 12.1. The van der Waals surface area contributed by atoms with Crippen LogP contribution in [0.5, 0.6) is 5.75 Å². The predicted octanol–water partition coefficient (Wildman–Crippen LogP) is 2.42. The van der Waals surface area contributed by atoms with E-state index in [1.807, 2.05) is 0 Å². The second-order valence-corrected chi connectivity index (χ2v) is 5.46. The zero-order valence-electron chi connectivity index (χ0n) is 10.8. The van der Waals surface area contributed by atoms with Gasteiger partial charge in [-0.1, -0.05) is 11.6 Å². The molecule has 1 aromatic rings. The minimum Gasteiger partial charge on any atom is -0.507 e. The third-order valence-electron chi connectivity index (χ3n) is 3.61. The molecular weight excluding hydrogens is 282 g/mol. The molecule has 0 heterocycles. The summed E-state index contributed by atoms with van der Waals surface area (Å²) in [4.78, 5) is 22.9. The Balaban J connectivity index is 1.96. The summed E-state index contributed by atoms with van der Waals surface area (Å²) >= 11 is 5.80. The molecule has 1 amide bonds. The maximum absolute atomic E-state index is 12.1. The highest BCUT2D eigenvalue weighted by atomic mass is 35.5. The van der Waals surface area contributed by atoms with Crippen LogP contribution in [-0.2, 0) is 4.79 Å². The topological polar surface area (TPSA) is 86.6 Å². The summed E-state index contributed by atoms with van der Waals surface area (Å²) < 4.78 is 0. The molecular formula is C14H16ClNO4. The molecule has 0 saturated heterocycles. The molecule has 3 N–H and O–H groups in total. The van der Waals surface area contributed by atoms with Gasteiger partial charge in [0, 0.05) is 11.1 Å². The number of aromatic hydroxyl groups is 1. The number of hydrogen-bond acceptors (Lipinski definition) is 3. The van der Waals surface area contributed by atoms with Crippen LogP contribution in [0.3, 0.4) is 0 Å². The normalized spacial score (nSPS) is 22.2. The first kappa shape index (κ1) is 14.7. The van der Waals surface area contributed by atoms with Gasteiger partial charge in [-0.05, 0) is 43.9 Å². The van der Waals surface area contributed by atoms with E-state index in [1.54, 1.807) is 0 Å². The van der Waals surface area contributed by atoms with Crippen molar-refractivity contribution in [3.8, 4) is 5.75 Å². The largest absolute Gasteiger partial charge is 0.507 e. The highest BCUT2D eigenvalue weighted by molar-refractivity contribution is 6.31. The van der Waals surface area contributed by atoms with Crippen molar-refractivity contribution < 1.29 is 19.8 Å². The first-order chi connectivity index (χ1) is 9.47. The molecule has 1 aliphatic carbocycles. The van der Waals surface area contributed by atoms with E-state index in [1.165, 1.54) is 18.2 Å². The zero-order chi connectivity index (χ0) is 14.7. The molecule has 2 rings (SSSR count). The molecule has 1 fully saturated rings. The van der Waals surface area contributed by atoms with Gasteiger partial charge >= 0.3 is 5.97 Å². The first-order valence-electron chi connectivity index (χ1n) is 6.49. The van der Waals surface area contributed by atoms with E-state index in [-0.39, 0.29) is 29.2 Å². The van der Waals surface area contributed by atoms with Gasteiger partial charge in [0.2, 0.25) is 0 Å². The summed E-state index contributed by atoms with van der Waals surface area (Å²) in [6, 6.07) is 4.23. The smallest absolute Gasteiger partial charge is 0.306 e. The Bertz CT molecular complexity index is 524. The number of benzene rings is 1. The SMILES string of the molecule is O=C(NC1CCC(C(=O)O)CC1)c1cc(Cl)ccc1O. The maximum Gasteiger partial charge on any atom is 0.306 e. The average Bonchev–Trinajstić information content (AvgIpc) is 2.42. The van der Waals surface area contributed by atoms with E-state index in [2.05, 4.69) is 5.32 Å². The van der Waals surface area contributed by atoms with Crippen LogP contribution in [0.15, 0.2) is 18.2 Å². The molecule has 6 heteroatoms. The summed E-state index contributed by atoms with van der Waals surface area (Å²) in [5.41, 5.74) is 0.137. The van der Waals surface area contributed by atoms with Crippen LogP contribution in [0.1, 0.15) is 36.0 Å². The van der Waals surface area contributed by atoms with Crippen LogP contribution in [0.2, 0.25) is 5.02 Å². The lowest BCUT2D eigenvalue weighted by atomic mass is 9.86. The van der Waals surface area contributed by atoms with E-state index < -0.39 is 5.97 Å². The van der Waals surface area contributed by atoms with Gasteiger partial charge in [-0.25, -0.2) is 0 Å². The molecule has 0 radical (unpaired) electrons. The molecule has 0 spiro atoms. The lowest BCUT2D eigenvalue weighted by Crippen LogP contribution is -2.38. The second kappa shape index (κ2) is 6.13. The van der Waals surface area contributed by atoms with Gasteiger partial charge in [-0.2, -0.15) is 0 Å². The number of hydrogen-bond donors (Lipinski definition) is 3. The van der Waals surface area contributed by atoms with Crippen molar-refractivity contribution in [2.75, 3.05) is 0 Å². The summed E-state index contributed by atoms with van der Waals surface area (Å²) in [6.45, 7) is 0. The van der Waals surface area contributed by atoms with Crippen molar-refractivity contribution in [2.45, 2.75) is 31.7 Å². The number of phenols is 1. The molecule has 5 nitrogen and oxygen atoms in total. The minimum atomic E-state index is -0.776. The van der Waals surface area contributed by atoms with Crippen molar-refractivity contribution in [3.05, 3.63) is 28.8 Å². The lowest BCUT2D eigenvalue weighted by molar-refractivity contribution is -0.142. The number of carbonyl (C=O) groups excluding carboxylic acids is 1. The Kier molecular flexibility index (Phi) is 4.49. The standard InChI is InChI=1S/C14H16ClNO4/c15-9-3-6-12(17)11(7-9)13(18)16-10-4-1-8(2-5-10)14(19)20/h3,6-8,10,17H,1-2,4-5H2,(H,16,18)(H,19,20). The van der Waals surface area contributed by atoms with Gasteiger partial charge in [-0.3, -0.25) is 9.59 Å². The van der Waals surface area contributed by atoms with Gasteiger partial charge in [0.25, 0.3) is 5.91 Å². The van der Waals surface area contributed by atoms with Crippen LogP contribution in [-0.4, -0.2) is 28.1 Å². The van der Waals surface area contributed by atoms with Crippen molar-refractivity contribution in [2.24, 2.45) is 5.92 Å². The second-order valence-electron chi connectivity index (χ2n) is 5.02. The molecule has 108 valence electrons. The third kappa shape index (κ3) is 3.42. The number of carboxylic acid groups (broad SMARTS) is 1. The Morgan fingerprint density at radius 2 is 1.85 bits per heavy atom. The fourth-order valence-corrected chi connectivity index (χ4v) is 2.61. The number of nitrogens with one attached hydrogen (secondary N) is 1. The van der Waals surface area contributed by atoms with E-state index in [9.17, 15) is 14.7 Å². The van der Waals surface area contributed by atoms with Crippen molar-refractivity contribution in [3.63, 3.8) is 0 Å². The van der Waals surface area contributed by atoms with Crippen LogP contribution in [0, 0.1) is 5.92 Å². The number of phenolic OH excluding ortho intramolecular Hbond substituents is 1. The van der Waals surface area contributed by atoms with Crippen LogP contribution in [0.25, 0.3) is 0 Å². The van der Waals surface area contributed by atoms with Crippen LogP contribution >= 0.6 is 11.6 Å².